The maximum absolute atomic E-state index is 12.9. The predicted octanol–water partition coefficient (Wildman–Crippen LogP) is 3.55. The summed E-state index contributed by atoms with van der Waals surface area (Å²) >= 11 is 6.08. The SMILES string of the molecule is O=C(c1ccc(-c2ccccc2)cc1)N1CC[NH+](Cc2cccc(Cl)c2)CC1. The number of rotatable bonds is 4. The number of hydrogen-bond acceptors (Lipinski definition) is 1. The monoisotopic (exact) mass is 391 g/mol. The van der Waals surface area contributed by atoms with Crippen molar-refractivity contribution in [3.63, 3.8) is 0 Å². The summed E-state index contributed by atoms with van der Waals surface area (Å²) in [6.07, 6.45) is 0. The molecule has 28 heavy (non-hydrogen) atoms. The van der Waals surface area contributed by atoms with Gasteiger partial charge in [0.15, 0.2) is 0 Å². The number of quaternary nitrogens is 1. The van der Waals surface area contributed by atoms with Gasteiger partial charge < -0.3 is 9.80 Å². The van der Waals surface area contributed by atoms with Crippen LogP contribution in [0.3, 0.4) is 0 Å². The molecule has 1 amide bonds. The normalized spacial score (nSPS) is 14.8. The van der Waals surface area contributed by atoms with Crippen molar-refractivity contribution in [1.29, 1.82) is 0 Å². The molecule has 0 atom stereocenters. The van der Waals surface area contributed by atoms with Gasteiger partial charge >= 0.3 is 0 Å². The van der Waals surface area contributed by atoms with Gasteiger partial charge in [0.25, 0.3) is 5.91 Å². The topological polar surface area (TPSA) is 24.8 Å². The third kappa shape index (κ3) is 4.44. The highest BCUT2D eigenvalue weighted by atomic mass is 35.5. The minimum atomic E-state index is 0.126. The van der Waals surface area contributed by atoms with Gasteiger partial charge in [0, 0.05) is 16.1 Å². The lowest BCUT2D eigenvalue weighted by Gasteiger charge is -2.32. The second kappa shape index (κ2) is 8.59. The lowest BCUT2D eigenvalue weighted by atomic mass is 10.0. The molecule has 4 rings (SSSR count). The molecule has 1 N–H and O–H groups in total. The fraction of sp³-hybridized carbons (Fsp3) is 0.208. The summed E-state index contributed by atoms with van der Waals surface area (Å²) in [6, 6.07) is 26.2. The molecule has 3 aromatic rings. The zero-order valence-corrected chi connectivity index (χ0v) is 16.5. The highest BCUT2D eigenvalue weighted by Gasteiger charge is 2.24. The molecule has 0 saturated carbocycles. The molecule has 0 spiro atoms. The van der Waals surface area contributed by atoms with Crippen LogP contribution >= 0.6 is 11.6 Å². The summed E-state index contributed by atoms with van der Waals surface area (Å²) in [5.41, 5.74) is 4.31. The molecule has 4 heteroatoms. The Kier molecular flexibility index (Phi) is 5.75. The van der Waals surface area contributed by atoms with E-state index in [9.17, 15) is 4.79 Å². The van der Waals surface area contributed by atoms with Gasteiger partial charge in [0.2, 0.25) is 0 Å². The number of halogens is 1. The summed E-state index contributed by atoms with van der Waals surface area (Å²) in [4.78, 5) is 16.3. The zero-order chi connectivity index (χ0) is 19.3. The fourth-order valence-corrected chi connectivity index (χ4v) is 3.97. The van der Waals surface area contributed by atoms with Crippen molar-refractivity contribution in [3.8, 4) is 11.1 Å². The highest BCUT2D eigenvalue weighted by molar-refractivity contribution is 6.30. The Hall–Kier alpha value is -2.62. The second-order valence-corrected chi connectivity index (χ2v) is 7.73. The van der Waals surface area contributed by atoms with Crippen LogP contribution in [0.4, 0.5) is 0 Å². The van der Waals surface area contributed by atoms with Crippen LogP contribution in [0, 0.1) is 0 Å². The Morgan fingerprint density at radius 3 is 2.21 bits per heavy atom. The average molecular weight is 392 g/mol. The number of amides is 1. The van der Waals surface area contributed by atoms with E-state index in [1.807, 2.05) is 65.6 Å². The lowest BCUT2D eigenvalue weighted by Crippen LogP contribution is -3.13. The zero-order valence-electron chi connectivity index (χ0n) is 15.8. The minimum Gasteiger partial charge on any atom is -0.328 e. The number of piperazine rings is 1. The molecule has 1 saturated heterocycles. The van der Waals surface area contributed by atoms with Gasteiger partial charge in [-0.05, 0) is 35.4 Å². The maximum atomic E-state index is 12.9. The van der Waals surface area contributed by atoms with Crippen LogP contribution in [0.15, 0.2) is 78.9 Å². The first kappa shape index (κ1) is 18.7. The molecule has 1 aliphatic heterocycles. The van der Waals surface area contributed by atoms with Crippen molar-refractivity contribution in [3.05, 3.63) is 95.0 Å². The molecule has 142 valence electrons. The quantitative estimate of drug-likeness (QED) is 0.722. The van der Waals surface area contributed by atoms with Crippen molar-refractivity contribution < 1.29 is 9.69 Å². The van der Waals surface area contributed by atoms with Gasteiger partial charge in [-0.2, -0.15) is 0 Å². The van der Waals surface area contributed by atoms with E-state index in [-0.39, 0.29) is 5.91 Å². The Labute approximate surface area is 171 Å². The van der Waals surface area contributed by atoms with Crippen LogP contribution in [-0.2, 0) is 6.54 Å². The number of hydrogen-bond donors (Lipinski definition) is 1. The summed E-state index contributed by atoms with van der Waals surface area (Å²) in [5.74, 6) is 0.126. The van der Waals surface area contributed by atoms with Crippen molar-refractivity contribution in [1.82, 2.24) is 4.90 Å². The molecule has 1 heterocycles. The molecular weight excluding hydrogens is 368 g/mol. The smallest absolute Gasteiger partial charge is 0.254 e. The molecule has 1 fully saturated rings. The Balaban J connectivity index is 1.35. The Bertz CT molecular complexity index is 932. The highest BCUT2D eigenvalue weighted by Crippen LogP contribution is 2.20. The van der Waals surface area contributed by atoms with Crippen molar-refractivity contribution in [2.45, 2.75) is 6.54 Å². The van der Waals surface area contributed by atoms with Gasteiger partial charge in [-0.3, -0.25) is 4.79 Å². The van der Waals surface area contributed by atoms with Gasteiger partial charge in [-0.1, -0.05) is 66.2 Å². The first-order valence-electron chi connectivity index (χ1n) is 9.72. The van der Waals surface area contributed by atoms with E-state index >= 15 is 0 Å². The predicted molar refractivity (Wildman–Crippen MR) is 114 cm³/mol. The largest absolute Gasteiger partial charge is 0.328 e. The van der Waals surface area contributed by atoms with E-state index in [1.165, 1.54) is 16.0 Å². The maximum Gasteiger partial charge on any atom is 0.254 e. The van der Waals surface area contributed by atoms with Gasteiger partial charge in [0.1, 0.15) is 6.54 Å². The van der Waals surface area contributed by atoms with Crippen LogP contribution in [0.2, 0.25) is 5.02 Å². The van der Waals surface area contributed by atoms with Gasteiger partial charge in [0.05, 0.1) is 26.2 Å². The molecular formula is C24H24ClN2O+. The molecule has 0 bridgehead atoms. The van der Waals surface area contributed by atoms with Crippen LogP contribution < -0.4 is 4.90 Å². The minimum absolute atomic E-state index is 0.126. The van der Waals surface area contributed by atoms with Gasteiger partial charge in [-0.15, -0.1) is 0 Å². The molecule has 0 aromatic heterocycles. The summed E-state index contributed by atoms with van der Waals surface area (Å²) in [5, 5.41) is 0.782. The summed E-state index contributed by atoms with van der Waals surface area (Å²) in [7, 11) is 0. The number of carbonyl (C=O) groups is 1. The summed E-state index contributed by atoms with van der Waals surface area (Å²) in [6.45, 7) is 4.44. The number of nitrogens with one attached hydrogen (secondary N) is 1. The van der Waals surface area contributed by atoms with Crippen LogP contribution in [0.25, 0.3) is 11.1 Å². The van der Waals surface area contributed by atoms with E-state index in [4.69, 9.17) is 11.6 Å². The van der Waals surface area contributed by atoms with Crippen molar-refractivity contribution in [2.24, 2.45) is 0 Å². The van der Waals surface area contributed by atoms with E-state index in [2.05, 4.69) is 18.2 Å². The lowest BCUT2D eigenvalue weighted by molar-refractivity contribution is -0.917. The van der Waals surface area contributed by atoms with Crippen molar-refractivity contribution in [2.75, 3.05) is 26.2 Å². The molecule has 1 aliphatic rings. The van der Waals surface area contributed by atoms with Crippen LogP contribution in [0.1, 0.15) is 15.9 Å². The Morgan fingerprint density at radius 2 is 1.54 bits per heavy atom. The number of carbonyl (C=O) groups excluding carboxylic acids is 1. The second-order valence-electron chi connectivity index (χ2n) is 7.29. The van der Waals surface area contributed by atoms with Gasteiger partial charge in [-0.25, -0.2) is 0 Å². The third-order valence-electron chi connectivity index (χ3n) is 5.34. The number of nitrogens with zero attached hydrogens (tertiary/aromatic N) is 1. The molecule has 0 unspecified atom stereocenters. The van der Waals surface area contributed by atoms with Crippen molar-refractivity contribution >= 4 is 17.5 Å². The first-order valence-corrected chi connectivity index (χ1v) is 10.1. The standard InChI is InChI=1S/C24H23ClN2O/c25-23-8-4-5-19(17-23)18-26-13-15-27(16-14-26)24(28)22-11-9-21(10-12-22)20-6-2-1-3-7-20/h1-12,17H,13-16,18H2/p+1. The molecule has 0 radical (unpaired) electrons. The third-order valence-corrected chi connectivity index (χ3v) is 5.57. The Morgan fingerprint density at radius 1 is 0.857 bits per heavy atom. The van der Waals surface area contributed by atoms with E-state index in [1.54, 1.807) is 0 Å². The average Bonchev–Trinajstić information content (AvgIpc) is 2.75. The molecule has 3 nitrogen and oxygen atoms in total. The van der Waals surface area contributed by atoms with E-state index in [0.29, 0.717) is 0 Å². The molecule has 0 aliphatic carbocycles. The summed E-state index contributed by atoms with van der Waals surface area (Å²) < 4.78 is 0. The first-order chi connectivity index (χ1) is 13.7. The fourth-order valence-electron chi connectivity index (χ4n) is 3.76. The van der Waals surface area contributed by atoms with Crippen LogP contribution in [0.5, 0.6) is 0 Å². The number of benzene rings is 3. The molecule has 3 aromatic carbocycles. The van der Waals surface area contributed by atoms with E-state index in [0.717, 1.165) is 48.9 Å². The van der Waals surface area contributed by atoms with Crippen LogP contribution in [-0.4, -0.2) is 37.0 Å². The van der Waals surface area contributed by atoms with E-state index < -0.39 is 0 Å².